The van der Waals surface area contributed by atoms with Gasteiger partial charge in [0.05, 0.1) is 5.56 Å². The third-order valence-electron chi connectivity index (χ3n) is 2.82. The lowest BCUT2D eigenvalue weighted by Gasteiger charge is -2.00. The van der Waals surface area contributed by atoms with Crippen LogP contribution in [0.5, 0.6) is 5.75 Å². The lowest BCUT2D eigenvalue weighted by Crippen LogP contribution is -1.92. The highest BCUT2D eigenvalue weighted by atomic mass is 16.3. The fraction of sp³-hybridized carbons (Fsp3) is 0.214. The van der Waals surface area contributed by atoms with E-state index < -0.39 is 0 Å². The highest BCUT2D eigenvalue weighted by Crippen LogP contribution is 2.33. The number of ketones is 1. The van der Waals surface area contributed by atoms with Crippen molar-refractivity contribution in [3.63, 3.8) is 0 Å². The SMILES string of the molecule is C=C(C)c1oc2cc(O)c(C(C)=O)cc2c1C. The van der Waals surface area contributed by atoms with Crippen molar-refractivity contribution in [2.75, 3.05) is 0 Å². The zero-order chi connectivity index (χ0) is 12.7. The number of furan rings is 1. The normalized spacial score (nSPS) is 10.8. The van der Waals surface area contributed by atoms with Gasteiger partial charge in [-0.15, -0.1) is 0 Å². The second-order valence-electron chi connectivity index (χ2n) is 4.26. The first-order valence-corrected chi connectivity index (χ1v) is 5.34. The number of aromatic hydroxyl groups is 1. The summed E-state index contributed by atoms with van der Waals surface area (Å²) in [7, 11) is 0. The molecular formula is C14H14O3. The molecule has 0 unspecified atom stereocenters. The summed E-state index contributed by atoms with van der Waals surface area (Å²) in [6.07, 6.45) is 0. The van der Waals surface area contributed by atoms with Crippen LogP contribution in [0.1, 0.15) is 35.5 Å². The van der Waals surface area contributed by atoms with Gasteiger partial charge in [-0.25, -0.2) is 0 Å². The highest BCUT2D eigenvalue weighted by molar-refractivity contribution is 6.01. The summed E-state index contributed by atoms with van der Waals surface area (Å²) in [5.74, 6) is 0.494. The van der Waals surface area contributed by atoms with Crippen molar-refractivity contribution in [2.45, 2.75) is 20.8 Å². The summed E-state index contributed by atoms with van der Waals surface area (Å²) in [4.78, 5) is 11.4. The molecule has 0 atom stereocenters. The molecule has 0 saturated heterocycles. The monoisotopic (exact) mass is 230 g/mol. The van der Waals surface area contributed by atoms with Crippen LogP contribution < -0.4 is 0 Å². The van der Waals surface area contributed by atoms with E-state index in [4.69, 9.17) is 4.42 Å². The first-order valence-electron chi connectivity index (χ1n) is 5.34. The van der Waals surface area contributed by atoms with Crippen LogP contribution in [0.4, 0.5) is 0 Å². The number of benzene rings is 1. The Kier molecular flexibility index (Phi) is 2.54. The van der Waals surface area contributed by atoms with Crippen molar-refractivity contribution in [1.29, 1.82) is 0 Å². The fourth-order valence-electron chi connectivity index (χ4n) is 1.94. The van der Waals surface area contributed by atoms with E-state index >= 15 is 0 Å². The van der Waals surface area contributed by atoms with Gasteiger partial charge < -0.3 is 9.52 Å². The summed E-state index contributed by atoms with van der Waals surface area (Å²) in [5, 5.41) is 10.6. The number of hydrogen-bond donors (Lipinski definition) is 1. The predicted molar refractivity (Wildman–Crippen MR) is 67.3 cm³/mol. The first-order chi connectivity index (χ1) is 7.91. The molecule has 1 aromatic carbocycles. The van der Waals surface area contributed by atoms with E-state index in [1.54, 1.807) is 6.07 Å². The quantitative estimate of drug-likeness (QED) is 0.800. The largest absolute Gasteiger partial charge is 0.507 e. The molecule has 0 saturated carbocycles. The Morgan fingerprint density at radius 2 is 2.00 bits per heavy atom. The summed E-state index contributed by atoms with van der Waals surface area (Å²) >= 11 is 0. The van der Waals surface area contributed by atoms with Crippen molar-refractivity contribution in [1.82, 2.24) is 0 Å². The Balaban J connectivity index is 2.81. The third kappa shape index (κ3) is 1.73. The van der Waals surface area contributed by atoms with Gasteiger partial charge in [0.2, 0.25) is 0 Å². The average Bonchev–Trinajstić information content (AvgIpc) is 2.54. The van der Waals surface area contributed by atoms with Gasteiger partial charge in [-0.05, 0) is 32.4 Å². The molecule has 3 heteroatoms. The average molecular weight is 230 g/mol. The van der Waals surface area contributed by atoms with Gasteiger partial charge in [-0.3, -0.25) is 4.79 Å². The molecule has 0 spiro atoms. The molecule has 1 heterocycles. The number of hydrogen-bond acceptors (Lipinski definition) is 3. The molecule has 88 valence electrons. The molecule has 1 aromatic heterocycles. The number of Topliss-reactive ketones (excluding diaryl/α,β-unsaturated/α-hetero) is 1. The van der Waals surface area contributed by atoms with Gasteiger partial charge in [0.15, 0.2) is 5.78 Å². The second-order valence-corrected chi connectivity index (χ2v) is 4.26. The number of allylic oxidation sites excluding steroid dienone is 1. The van der Waals surface area contributed by atoms with Gasteiger partial charge in [0.25, 0.3) is 0 Å². The molecule has 0 aliphatic carbocycles. The van der Waals surface area contributed by atoms with E-state index in [0.29, 0.717) is 16.9 Å². The molecule has 1 N–H and O–H groups in total. The minimum Gasteiger partial charge on any atom is -0.507 e. The van der Waals surface area contributed by atoms with Gasteiger partial charge in [0.1, 0.15) is 17.1 Å². The number of phenols is 1. The Bertz CT molecular complexity index is 632. The molecular weight excluding hydrogens is 216 g/mol. The molecule has 2 rings (SSSR count). The summed E-state index contributed by atoms with van der Waals surface area (Å²) in [5.41, 5.74) is 2.65. The Hall–Kier alpha value is -2.03. The van der Waals surface area contributed by atoms with Gasteiger partial charge >= 0.3 is 0 Å². The van der Waals surface area contributed by atoms with Crippen molar-refractivity contribution >= 4 is 22.3 Å². The van der Waals surface area contributed by atoms with E-state index in [0.717, 1.165) is 16.5 Å². The zero-order valence-electron chi connectivity index (χ0n) is 10.1. The summed E-state index contributed by atoms with van der Waals surface area (Å²) in [6, 6.07) is 3.14. The molecule has 0 fully saturated rings. The Labute approximate surface area is 99.4 Å². The molecule has 0 bridgehead atoms. The number of carbonyl (C=O) groups excluding carboxylic acids is 1. The van der Waals surface area contributed by atoms with Crippen molar-refractivity contribution in [3.8, 4) is 5.75 Å². The molecule has 2 aromatic rings. The van der Waals surface area contributed by atoms with Gasteiger partial charge in [0, 0.05) is 17.0 Å². The van der Waals surface area contributed by atoms with E-state index in [1.165, 1.54) is 13.0 Å². The maximum absolute atomic E-state index is 11.4. The molecule has 0 aliphatic heterocycles. The van der Waals surface area contributed by atoms with Crippen LogP contribution in [0.15, 0.2) is 23.1 Å². The van der Waals surface area contributed by atoms with Crippen LogP contribution in [-0.2, 0) is 0 Å². The lowest BCUT2D eigenvalue weighted by atomic mass is 10.0. The van der Waals surface area contributed by atoms with Crippen LogP contribution in [0.3, 0.4) is 0 Å². The smallest absolute Gasteiger partial charge is 0.163 e. The molecule has 0 aliphatic rings. The number of aryl methyl sites for hydroxylation is 1. The van der Waals surface area contributed by atoms with Crippen molar-refractivity contribution < 1.29 is 14.3 Å². The topological polar surface area (TPSA) is 50.4 Å². The Morgan fingerprint density at radius 1 is 1.35 bits per heavy atom. The van der Waals surface area contributed by atoms with E-state index in [1.807, 2.05) is 13.8 Å². The lowest BCUT2D eigenvalue weighted by molar-refractivity contribution is 0.101. The first kappa shape index (κ1) is 11.5. The zero-order valence-corrected chi connectivity index (χ0v) is 10.1. The van der Waals surface area contributed by atoms with Gasteiger partial charge in [-0.1, -0.05) is 6.58 Å². The van der Waals surface area contributed by atoms with Crippen LogP contribution in [-0.4, -0.2) is 10.9 Å². The van der Waals surface area contributed by atoms with E-state index in [2.05, 4.69) is 6.58 Å². The highest BCUT2D eigenvalue weighted by Gasteiger charge is 2.15. The second kappa shape index (κ2) is 3.77. The number of phenolic OH excluding ortho intramolecular Hbond substituents is 1. The molecule has 17 heavy (non-hydrogen) atoms. The molecule has 0 amide bonds. The molecule has 3 nitrogen and oxygen atoms in total. The van der Waals surface area contributed by atoms with Crippen LogP contribution in [0.25, 0.3) is 16.5 Å². The van der Waals surface area contributed by atoms with E-state index in [9.17, 15) is 9.90 Å². The number of rotatable bonds is 2. The molecule has 0 radical (unpaired) electrons. The van der Waals surface area contributed by atoms with Gasteiger partial charge in [-0.2, -0.15) is 0 Å². The van der Waals surface area contributed by atoms with Crippen LogP contribution in [0, 0.1) is 6.92 Å². The fourth-order valence-corrected chi connectivity index (χ4v) is 1.94. The standard InChI is InChI=1S/C14H14O3/c1-7(2)14-8(3)10-5-11(9(4)15)12(16)6-13(10)17-14/h5-6,16H,1H2,2-4H3. The maximum Gasteiger partial charge on any atom is 0.163 e. The number of carbonyl (C=O) groups is 1. The minimum atomic E-state index is -0.165. The summed E-state index contributed by atoms with van der Waals surface area (Å²) in [6.45, 7) is 9.04. The van der Waals surface area contributed by atoms with Crippen molar-refractivity contribution in [2.24, 2.45) is 0 Å². The summed E-state index contributed by atoms with van der Waals surface area (Å²) < 4.78 is 5.60. The van der Waals surface area contributed by atoms with Crippen molar-refractivity contribution in [3.05, 3.63) is 35.6 Å². The third-order valence-corrected chi connectivity index (χ3v) is 2.82. The van der Waals surface area contributed by atoms with Crippen LogP contribution >= 0.6 is 0 Å². The minimum absolute atomic E-state index is 0.0491. The van der Waals surface area contributed by atoms with E-state index in [-0.39, 0.29) is 11.5 Å². The van der Waals surface area contributed by atoms with Crippen LogP contribution in [0.2, 0.25) is 0 Å². The Morgan fingerprint density at radius 3 is 2.53 bits per heavy atom. The predicted octanol–water partition coefficient (Wildman–Crippen LogP) is 3.68. The number of fused-ring (bicyclic) bond motifs is 1. The maximum atomic E-state index is 11.4.